The van der Waals surface area contributed by atoms with Gasteiger partial charge >= 0.3 is 12.3 Å². The maximum absolute atomic E-state index is 14.8. The highest BCUT2D eigenvalue weighted by Crippen LogP contribution is 2.48. The molecule has 2 fully saturated rings. The van der Waals surface area contributed by atoms with Gasteiger partial charge in [-0.1, -0.05) is 42.5 Å². The number of carbonyl (C=O) groups is 1. The minimum absolute atomic E-state index is 0.0487. The van der Waals surface area contributed by atoms with Crippen molar-refractivity contribution in [1.82, 2.24) is 24.6 Å². The van der Waals surface area contributed by atoms with Crippen LogP contribution in [0.3, 0.4) is 0 Å². The number of benzene rings is 2. The first-order valence-electron chi connectivity index (χ1n) is 16.4. The first-order valence-corrected chi connectivity index (χ1v) is 16.4. The van der Waals surface area contributed by atoms with Gasteiger partial charge in [0.1, 0.15) is 16.4 Å². The van der Waals surface area contributed by atoms with Crippen molar-refractivity contribution in [3.05, 3.63) is 88.3 Å². The standard InChI is InChI=1S/C36H40F3N7O3/c1-33(2,3)49-32(48)45-21-15-34(14-18-40,16-22-45)46-28-13-19-41-31(47)29(28)30(43-46)42-27-11-9-26(10-12-27)35(36(37,38)39)17-20-44(24-35)23-25-7-5-4-6-8-25/h4-13,19H,14-17,20-24H2,1-3H3,(H,41,47)(H,42,43)/t35-/m0/s1. The minimum atomic E-state index is -4.45. The van der Waals surface area contributed by atoms with E-state index < -0.39 is 34.4 Å². The van der Waals surface area contributed by atoms with E-state index in [4.69, 9.17) is 9.84 Å². The van der Waals surface area contributed by atoms with E-state index in [0.717, 1.165) is 5.56 Å². The van der Waals surface area contributed by atoms with Gasteiger partial charge in [-0.2, -0.15) is 23.5 Å². The third-order valence-corrected chi connectivity index (χ3v) is 9.65. The van der Waals surface area contributed by atoms with Gasteiger partial charge in [-0.05, 0) is 75.9 Å². The van der Waals surface area contributed by atoms with Crippen molar-refractivity contribution in [2.24, 2.45) is 0 Å². The quantitative estimate of drug-likeness (QED) is 0.221. The maximum Gasteiger partial charge on any atom is 0.410 e. The highest BCUT2D eigenvalue weighted by Gasteiger charge is 2.58. The number of amides is 1. The number of hydrogen-bond acceptors (Lipinski definition) is 7. The number of piperidine rings is 1. The van der Waals surface area contributed by atoms with E-state index >= 15 is 0 Å². The van der Waals surface area contributed by atoms with Crippen LogP contribution in [0.1, 0.15) is 57.6 Å². The Kier molecular flexibility index (Phi) is 8.96. The van der Waals surface area contributed by atoms with Crippen molar-refractivity contribution in [2.75, 3.05) is 31.5 Å². The summed E-state index contributed by atoms with van der Waals surface area (Å²) in [6.07, 6.45) is -2.53. The van der Waals surface area contributed by atoms with Gasteiger partial charge < -0.3 is 19.9 Å². The second-order valence-corrected chi connectivity index (χ2v) is 14.1. The Morgan fingerprint density at radius 1 is 1.02 bits per heavy atom. The molecular formula is C36H40F3N7O3. The van der Waals surface area contributed by atoms with Crippen LogP contribution in [0, 0.1) is 11.3 Å². The van der Waals surface area contributed by atoms with Crippen LogP contribution in [-0.2, 0) is 22.2 Å². The smallest absolute Gasteiger partial charge is 0.410 e. The lowest BCUT2D eigenvalue weighted by Gasteiger charge is -2.41. The Labute approximate surface area is 282 Å². The zero-order valence-electron chi connectivity index (χ0n) is 27.8. The van der Waals surface area contributed by atoms with Gasteiger partial charge in [-0.25, -0.2) is 4.79 Å². The van der Waals surface area contributed by atoms with Crippen LogP contribution >= 0.6 is 0 Å². The van der Waals surface area contributed by atoms with Gasteiger partial charge in [0.15, 0.2) is 5.82 Å². The second kappa shape index (κ2) is 12.9. The number of ether oxygens (including phenoxy) is 1. The van der Waals surface area contributed by atoms with E-state index in [0.29, 0.717) is 50.2 Å². The predicted octanol–water partition coefficient (Wildman–Crippen LogP) is 6.81. The topological polar surface area (TPSA) is 119 Å². The molecule has 2 aromatic carbocycles. The first-order chi connectivity index (χ1) is 23.2. The number of aromatic nitrogens is 3. The second-order valence-electron chi connectivity index (χ2n) is 14.1. The predicted molar refractivity (Wildman–Crippen MR) is 179 cm³/mol. The molecule has 4 heterocycles. The normalized spacial score (nSPS) is 19.9. The summed E-state index contributed by atoms with van der Waals surface area (Å²) < 4.78 is 51.5. The van der Waals surface area contributed by atoms with Crippen molar-refractivity contribution in [2.45, 2.75) is 75.7 Å². The minimum Gasteiger partial charge on any atom is -0.444 e. The average Bonchev–Trinajstić information content (AvgIpc) is 3.65. The molecule has 0 radical (unpaired) electrons. The van der Waals surface area contributed by atoms with E-state index in [-0.39, 0.29) is 36.2 Å². The van der Waals surface area contributed by atoms with Crippen LogP contribution in [0.4, 0.5) is 29.5 Å². The summed E-state index contributed by atoms with van der Waals surface area (Å²) in [5.41, 5.74) is -1.76. The molecule has 2 aliphatic heterocycles. The van der Waals surface area contributed by atoms with Crippen LogP contribution in [0.5, 0.6) is 0 Å². The molecule has 2 aliphatic rings. The van der Waals surface area contributed by atoms with Gasteiger partial charge in [0.2, 0.25) is 0 Å². The number of nitrogens with zero attached hydrogens (tertiary/aromatic N) is 5. The molecule has 0 unspecified atom stereocenters. The monoisotopic (exact) mass is 675 g/mol. The lowest BCUT2D eigenvalue weighted by atomic mass is 9.79. The Morgan fingerprint density at radius 3 is 2.35 bits per heavy atom. The number of aromatic amines is 1. The Bertz CT molecular complexity index is 1900. The van der Waals surface area contributed by atoms with Crippen molar-refractivity contribution in [3.63, 3.8) is 0 Å². The molecule has 0 bridgehead atoms. The zero-order chi connectivity index (χ0) is 35.0. The largest absolute Gasteiger partial charge is 0.444 e. The molecule has 0 spiro atoms. The summed E-state index contributed by atoms with van der Waals surface area (Å²) in [4.78, 5) is 32.0. The van der Waals surface area contributed by atoms with E-state index in [1.165, 1.54) is 18.3 Å². The summed E-state index contributed by atoms with van der Waals surface area (Å²) in [6, 6.07) is 19.6. The molecule has 1 amide bonds. The lowest BCUT2D eigenvalue weighted by Crippen LogP contribution is -2.49. The van der Waals surface area contributed by atoms with E-state index in [1.807, 2.05) is 35.2 Å². The van der Waals surface area contributed by atoms with Gasteiger partial charge in [-0.15, -0.1) is 0 Å². The number of rotatable bonds is 7. The molecule has 0 aliphatic carbocycles. The van der Waals surface area contributed by atoms with Crippen LogP contribution < -0.4 is 10.9 Å². The summed E-state index contributed by atoms with van der Waals surface area (Å²) in [6.45, 7) is 6.67. The third-order valence-electron chi connectivity index (χ3n) is 9.65. The van der Waals surface area contributed by atoms with Crippen molar-refractivity contribution in [1.29, 1.82) is 5.26 Å². The molecule has 2 saturated heterocycles. The number of halogens is 3. The number of pyridine rings is 1. The number of nitriles is 1. The fourth-order valence-corrected chi connectivity index (χ4v) is 7.07. The lowest BCUT2D eigenvalue weighted by molar-refractivity contribution is -0.187. The highest BCUT2D eigenvalue weighted by atomic mass is 19.4. The number of hydrogen-bond donors (Lipinski definition) is 2. The molecule has 10 nitrogen and oxygen atoms in total. The first kappa shape index (κ1) is 34.0. The van der Waals surface area contributed by atoms with Crippen molar-refractivity contribution < 1.29 is 22.7 Å². The Hall–Kier alpha value is -4.83. The molecule has 2 N–H and O–H groups in total. The number of likely N-dealkylation sites (tertiary alicyclic amines) is 2. The van der Waals surface area contributed by atoms with E-state index in [2.05, 4.69) is 16.4 Å². The number of carbonyl (C=O) groups excluding carboxylic acids is 1. The number of nitrogens with one attached hydrogen (secondary N) is 2. The van der Waals surface area contributed by atoms with E-state index in [1.54, 1.807) is 48.6 Å². The molecule has 258 valence electrons. The molecule has 1 atom stereocenters. The van der Waals surface area contributed by atoms with Gasteiger partial charge in [0.25, 0.3) is 5.56 Å². The van der Waals surface area contributed by atoms with Crippen LogP contribution in [0.25, 0.3) is 10.9 Å². The van der Waals surface area contributed by atoms with Crippen molar-refractivity contribution in [3.8, 4) is 6.07 Å². The molecule has 6 rings (SSSR count). The van der Waals surface area contributed by atoms with Crippen LogP contribution in [0.2, 0.25) is 0 Å². The SMILES string of the molecule is CC(C)(C)OC(=O)N1CCC(CC#N)(n2nc(Nc3ccc([C@]4(C(F)(F)F)CCN(Cc5ccccc5)C4)cc3)c3c(=O)[nH]ccc32)CC1. The van der Waals surface area contributed by atoms with Crippen LogP contribution in [0.15, 0.2) is 71.7 Å². The Morgan fingerprint density at radius 2 is 1.71 bits per heavy atom. The molecule has 49 heavy (non-hydrogen) atoms. The summed E-state index contributed by atoms with van der Waals surface area (Å²) in [5.74, 6) is 0.219. The molecule has 4 aromatic rings. The third kappa shape index (κ3) is 6.74. The fraction of sp³-hybridized carbons (Fsp3) is 0.444. The van der Waals surface area contributed by atoms with Gasteiger partial charge in [0, 0.05) is 38.1 Å². The maximum atomic E-state index is 14.8. The van der Waals surface area contributed by atoms with Crippen LogP contribution in [-0.4, -0.2) is 68.6 Å². The number of alkyl halides is 3. The average molecular weight is 676 g/mol. The van der Waals surface area contributed by atoms with E-state index in [9.17, 15) is 28.0 Å². The number of fused-ring (bicyclic) bond motifs is 1. The summed E-state index contributed by atoms with van der Waals surface area (Å²) in [7, 11) is 0. The van der Waals surface area contributed by atoms with Crippen molar-refractivity contribution >= 4 is 28.5 Å². The number of H-pyrrole nitrogens is 1. The van der Waals surface area contributed by atoms with Gasteiger partial charge in [0.05, 0.1) is 23.5 Å². The molecule has 0 saturated carbocycles. The molecule has 13 heteroatoms. The summed E-state index contributed by atoms with van der Waals surface area (Å²) >= 11 is 0. The molecule has 2 aromatic heterocycles. The highest BCUT2D eigenvalue weighted by molar-refractivity contribution is 5.91. The Balaban J connectivity index is 1.27. The fourth-order valence-electron chi connectivity index (χ4n) is 7.07. The van der Waals surface area contributed by atoms with Gasteiger partial charge in [-0.3, -0.25) is 14.4 Å². The number of anilines is 2. The summed E-state index contributed by atoms with van der Waals surface area (Å²) in [5, 5.41) is 18.1. The zero-order valence-corrected chi connectivity index (χ0v) is 27.8. The molecular weight excluding hydrogens is 635 g/mol.